The molecule has 0 unspecified atom stereocenters. The lowest BCUT2D eigenvalue weighted by molar-refractivity contribution is -0.186. The van der Waals surface area contributed by atoms with Crippen LogP contribution in [0.2, 0.25) is 0 Å². The summed E-state index contributed by atoms with van der Waals surface area (Å²) in [6, 6.07) is -1.51. The molecule has 7 nitrogen and oxygen atoms in total. The fourth-order valence-corrected chi connectivity index (χ4v) is 2.41. The van der Waals surface area contributed by atoms with Crippen LogP contribution in [0.4, 0.5) is 18.0 Å². The van der Waals surface area contributed by atoms with E-state index in [4.69, 9.17) is 9.84 Å². The molecule has 1 aliphatic heterocycles. The van der Waals surface area contributed by atoms with Gasteiger partial charge in [0, 0.05) is 13.1 Å². The van der Waals surface area contributed by atoms with Gasteiger partial charge >= 0.3 is 18.2 Å². The van der Waals surface area contributed by atoms with E-state index in [1.807, 2.05) is 0 Å². The van der Waals surface area contributed by atoms with Gasteiger partial charge in [0.1, 0.15) is 11.6 Å². The summed E-state index contributed by atoms with van der Waals surface area (Å²) >= 11 is 0. The number of rotatable bonds is 4. The fourth-order valence-electron chi connectivity index (χ4n) is 2.41. The van der Waals surface area contributed by atoms with Gasteiger partial charge in [-0.1, -0.05) is 0 Å². The molecule has 1 rings (SSSR count). The Balaban J connectivity index is 2.57. The van der Waals surface area contributed by atoms with Crippen LogP contribution in [0, 0.1) is 5.92 Å². The van der Waals surface area contributed by atoms with Crippen LogP contribution in [-0.4, -0.2) is 58.9 Å². The Hall–Kier alpha value is -2.00. The predicted octanol–water partition coefficient (Wildman–Crippen LogP) is 2.16. The number of carboxylic acids is 1. The Morgan fingerprint density at radius 2 is 1.72 bits per heavy atom. The predicted molar refractivity (Wildman–Crippen MR) is 80.8 cm³/mol. The van der Waals surface area contributed by atoms with Crippen molar-refractivity contribution in [2.75, 3.05) is 13.1 Å². The highest BCUT2D eigenvalue weighted by Gasteiger charge is 2.42. The molecule has 0 spiro atoms. The summed E-state index contributed by atoms with van der Waals surface area (Å²) in [6.07, 6.45) is -6.26. The van der Waals surface area contributed by atoms with Gasteiger partial charge in [0.15, 0.2) is 0 Å². The zero-order chi connectivity index (χ0) is 19.4. The molecule has 1 aliphatic rings. The van der Waals surface area contributed by atoms with E-state index in [0.29, 0.717) is 0 Å². The van der Waals surface area contributed by atoms with E-state index < -0.39 is 48.1 Å². The molecule has 10 heteroatoms. The van der Waals surface area contributed by atoms with E-state index >= 15 is 0 Å². The second-order valence-corrected chi connectivity index (χ2v) is 6.94. The lowest BCUT2D eigenvalue weighted by Gasteiger charge is -2.33. The average molecular weight is 368 g/mol. The number of hydrogen-bond acceptors (Lipinski definition) is 4. The summed E-state index contributed by atoms with van der Waals surface area (Å²) in [6.45, 7) is 4.60. The Morgan fingerprint density at radius 3 is 2.12 bits per heavy atom. The molecule has 0 bridgehead atoms. The number of ether oxygens (including phenoxy) is 1. The number of carbonyl (C=O) groups is 3. The number of piperidine rings is 1. The van der Waals surface area contributed by atoms with Crippen LogP contribution in [-0.2, 0) is 14.3 Å². The molecule has 1 heterocycles. The molecule has 25 heavy (non-hydrogen) atoms. The van der Waals surface area contributed by atoms with Crippen molar-refractivity contribution in [3.8, 4) is 0 Å². The van der Waals surface area contributed by atoms with Crippen molar-refractivity contribution >= 4 is 18.0 Å². The normalized spacial score (nSPS) is 17.8. The highest BCUT2D eigenvalue weighted by Crippen LogP contribution is 2.34. The second-order valence-electron chi connectivity index (χ2n) is 6.94. The smallest absolute Gasteiger partial charge is 0.408 e. The van der Waals surface area contributed by atoms with Gasteiger partial charge in [0.25, 0.3) is 0 Å². The Morgan fingerprint density at radius 1 is 1.20 bits per heavy atom. The molecule has 1 saturated heterocycles. The third kappa shape index (κ3) is 7.18. The zero-order valence-electron chi connectivity index (χ0n) is 14.4. The van der Waals surface area contributed by atoms with Crippen molar-refractivity contribution < 1.29 is 37.4 Å². The first-order valence-corrected chi connectivity index (χ1v) is 7.86. The van der Waals surface area contributed by atoms with E-state index in [1.54, 1.807) is 20.8 Å². The van der Waals surface area contributed by atoms with Crippen LogP contribution in [0.5, 0.6) is 0 Å². The quantitative estimate of drug-likeness (QED) is 0.793. The molecule has 0 aromatic carbocycles. The molecule has 0 radical (unpaired) electrons. The average Bonchev–Trinajstić information content (AvgIpc) is 2.43. The van der Waals surface area contributed by atoms with Crippen molar-refractivity contribution in [3.05, 3.63) is 0 Å². The van der Waals surface area contributed by atoms with Crippen molar-refractivity contribution in [3.63, 3.8) is 0 Å². The lowest BCUT2D eigenvalue weighted by Crippen LogP contribution is -2.48. The molecule has 1 fully saturated rings. The Labute approximate surface area is 143 Å². The van der Waals surface area contributed by atoms with Crippen molar-refractivity contribution in [2.45, 2.75) is 57.9 Å². The highest BCUT2D eigenvalue weighted by atomic mass is 19.4. The van der Waals surface area contributed by atoms with E-state index in [9.17, 15) is 27.6 Å². The number of carbonyl (C=O) groups excluding carboxylic acids is 2. The number of nitrogens with one attached hydrogen (secondary N) is 1. The number of hydrogen-bond donors (Lipinski definition) is 2. The molecule has 144 valence electrons. The molecule has 0 aliphatic carbocycles. The Kier molecular flexibility index (Phi) is 6.67. The molecule has 2 N–H and O–H groups in total. The molecule has 0 aromatic heterocycles. The van der Waals surface area contributed by atoms with Gasteiger partial charge in [-0.05, 0) is 33.6 Å². The summed E-state index contributed by atoms with van der Waals surface area (Å²) in [7, 11) is 0. The largest absolute Gasteiger partial charge is 0.480 e. The highest BCUT2D eigenvalue weighted by molar-refractivity contribution is 5.87. The van der Waals surface area contributed by atoms with Gasteiger partial charge in [0.2, 0.25) is 5.91 Å². The minimum Gasteiger partial charge on any atom is -0.480 e. The van der Waals surface area contributed by atoms with Gasteiger partial charge in [-0.15, -0.1) is 0 Å². The first-order chi connectivity index (χ1) is 11.3. The van der Waals surface area contributed by atoms with Crippen molar-refractivity contribution in [2.24, 2.45) is 5.92 Å². The Bertz CT molecular complexity index is 508. The standard InChI is InChI=1S/C15H23F3N2O5/c1-14(2,3)25-13(24)19-10(12(22)23)8-11(21)20-6-4-9(5-7-20)15(16,17)18/h9-10H,4-8H2,1-3H3,(H,19,24)(H,22,23)/t10-/m0/s1. The van der Waals surface area contributed by atoms with Crippen LogP contribution in [0.25, 0.3) is 0 Å². The summed E-state index contributed by atoms with van der Waals surface area (Å²) in [5.74, 6) is -3.50. The number of alkyl carbamates (subject to hydrolysis) is 1. The maximum Gasteiger partial charge on any atom is 0.408 e. The third-order valence-corrected chi connectivity index (χ3v) is 3.68. The minimum atomic E-state index is -4.29. The zero-order valence-corrected chi connectivity index (χ0v) is 14.4. The van der Waals surface area contributed by atoms with Crippen molar-refractivity contribution in [1.29, 1.82) is 0 Å². The molecule has 2 amide bonds. The van der Waals surface area contributed by atoms with Gasteiger partial charge in [-0.2, -0.15) is 13.2 Å². The van der Waals surface area contributed by atoms with Gasteiger partial charge in [-0.25, -0.2) is 9.59 Å². The molecular formula is C15H23F3N2O5. The molecular weight excluding hydrogens is 345 g/mol. The first kappa shape index (κ1) is 21.0. The van der Waals surface area contributed by atoms with Gasteiger partial charge in [-0.3, -0.25) is 4.79 Å². The van der Waals surface area contributed by atoms with Crippen LogP contribution in [0.15, 0.2) is 0 Å². The summed E-state index contributed by atoms with van der Waals surface area (Å²) in [5, 5.41) is 11.2. The van der Waals surface area contributed by atoms with Crippen LogP contribution < -0.4 is 5.32 Å². The summed E-state index contributed by atoms with van der Waals surface area (Å²) < 4.78 is 42.8. The fraction of sp³-hybridized carbons (Fsp3) is 0.800. The molecule has 0 saturated carbocycles. The SMILES string of the molecule is CC(C)(C)OC(=O)N[C@@H](CC(=O)N1CCC(C(F)(F)F)CC1)C(=O)O. The maximum absolute atomic E-state index is 12.6. The van der Waals surface area contributed by atoms with Crippen LogP contribution >= 0.6 is 0 Å². The first-order valence-electron chi connectivity index (χ1n) is 7.86. The minimum absolute atomic E-state index is 0.0954. The molecule has 1 atom stereocenters. The molecule has 0 aromatic rings. The number of likely N-dealkylation sites (tertiary alicyclic amines) is 1. The van der Waals surface area contributed by atoms with Crippen LogP contribution in [0.1, 0.15) is 40.0 Å². The number of carboxylic acid groups (broad SMARTS) is 1. The van der Waals surface area contributed by atoms with Crippen molar-refractivity contribution in [1.82, 2.24) is 10.2 Å². The maximum atomic E-state index is 12.6. The monoisotopic (exact) mass is 368 g/mol. The topological polar surface area (TPSA) is 95.9 Å². The van der Waals surface area contributed by atoms with E-state index in [1.165, 1.54) is 4.90 Å². The van der Waals surface area contributed by atoms with Crippen LogP contribution in [0.3, 0.4) is 0 Å². The number of halogens is 3. The van der Waals surface area contributed by atoms with E-state index in [0.717, 1.165) is 0 Å². The third-order valence-electron chi connectivity index (χ3n) is 3.68. The second kappa shape index (κ2) is 7.92. The summed E-state index contributed by atoms with van der Waals surface area (Å²) in [4.78, 5) is 36.2. The number of alkyl halides is 3. The van der Waals surface area contributed by atoms with Gasteiger partial charge < -0.3 is 20.1 Å². The number of nitrogens with zero attached hydrogens (tertiary/aromatic N) is 1. The number of aliphatic carboxylic acids is 1. The van der Waals surface area contributed by atoms with E-state index in [2.05, 4.69) is 5.32 Å². The number of amides is 2. The summed E-state index contributed by atoms with van der Waals surface area (Å²) in [5.41, 5.74) is -0.837. The van der Waals surface area contributed by atoms with E-state index in [-0.39, 0.29) is 25.9 Å². The lowest BCUT2D eigenvalue weighted by atomic mass is 9.96. The van der Waals surface area contributed by atoms with Gasteiger partial charge in [0.05, 0.1) is 12.3 Å².